The second-order valence-corrected chi connectivity index (χ2v) is 5.91. The van der Waals surface area contributed by atoms with E-state index in [-0.39, 0.29) is 5.91 Å². The van der Waals surface area contributed by atoms with Gasteiger partial charge in [-0.25, -0.2) is 0 Å². The number of carbonyl (C=O) groups is 1. The fourth-order valence-electron chi connectivity index (χ4n) is 2.50. The van der Waals surface area contributed by atoms with Crippen LogP contribution in [0.4, 0.5) is 0 Å². The standard InChI is InChI=1S/C22H25NO4/c1-26-20-13-12-18(15-21(20)27-2)14-19(24)10-6-7-11-22(25)23-16-17-8-4-3-5-9-17/h3-13,15,19,24H,14,16H2,1-2H3,(H,23,25)/b10-6+,11-7+/t19-/m0/s1. The summed E-state index contributed by atoms with van der Waals surface area (Å²) in [7, 11) is 3.16. The van der Waals surface area contributed by atoms with E-state index in [2.05, 4.69) is 5.32 Å². The molecule has 0 aliphatic carbocycles. The van der Waals surface area contributed by atoms with E-state index in [4.69, 9.17) is 9.47 Å². The van der Waals surface area contributed by atoms with E-state index in [9.17, 15) is 9.90 Å². The monoisotopic (exact) mass is 367 g/mol. The van der Waals surface area contributed by atoms with Gasteiger partial charge in [0.25, 0.3) is 0 Å². The molecule has 0 unspecified atom stereocenters. The smallest absolute Gasteiger partial charge is 0.244 e. The van der Waals surface area contributed by atoms with Crippen LogP contribution in [0.15, 0.2) is 72.8 Å². The Hall–Kier alpha value is -3.05. The van der Waals surface area contributed by atoms with Crippen molar-refractivity contribution < 1.29 is 19.4 Å². The van der Waals surface area contributed by atoms with Crippen molar-refractivity contribution in [3.05, 3.63) is 84.0 Å². The molecule has 0 spiro atoms. The Morgan fingerprint density at radius 1 is 1.04 bits per heavy atom. The maximum absolute atomic E-state index is 11.8. The number of amides is 1. The predicted molar refractivity (Wildman–Crippen MR) is 106 cm³/mol. The molecule has 0 fully saturated rings. The molecule has 2 aromatic rings. The maximum Gasteiger partial charge on any atom is 0.244 e. The number of allylic oxidation sites excluding steroid dienone is 2. The third kappa shape index (κ3) is 6.99. The average molecular weight is 367 g/mol. The first-order valence-electron chi connectivity index (χ1n) is 8.68. The lowest BCUT2D eigenvalue weighted by Gasteiger charge is -2.10. The molecule has 1 amide bonds. The largest absolute Gasteiger partial charge is 0.493 e. The van der Waals surface area contributed by atoms with Crippen molar-refractivity contribution in [2.24, 2.45) is 0 Å². The Morgan fingerprint density at radius 2 is 1.78 bits per heavy atom. The first kappa shape index (κ1) is 20.3. The highest BCUT2D eigenvalue weighted by Crippen LogP contribution is 2.28. The second kappa shape index (κ2) is 10.8. The third-order valence-corrected chi connectivity index (χ3v) is 3.89. The van der Waals surface area contributed by atoms with Gasteiger partial charge in [0, 0.05) is 19.0 Å². The lowest BCUT2D eigenvalue weighted by Crippen LogP contribution is -2.20. The highest BCUT2D eigenvalue weighted by atomic mass is 16.5. The zero-order valence-corrected chi connectivity index (χ0v) is 15.6. The summed E-state index contributed by atoms with van der Waals surface area (Å²) >= 11 is 0. The minimum absolute atomic E-state index is 0.183. The maximum atomic E-state index is 11.8. The van der Waals surface area contributed by atoms with Crippen molar-refractivity contribution in [2.75, 3.05) is 14.2 Å². The van der Waals surface area contributed by atoms with Crippen molar-refractivity contribution in [2.45, 2.75) is 19.1 Å². The SMILES string of the molecule is COc1ccc(C[C@@H](O)/C=C/C=C/C(=O)NCc2ccccc2)cc1OC. The predicted octanol–water partition coefficient (Wildman–Crippen LogP) is 3.04. The molecule has 0 aromatic heterocycles. The van der Waals surface area contributed by atoms with Crippen LogP contribution in [0.1, 0.15) is 11.1 Å². The zero-order valence-electron chi connectivity index (χ0n) is 15.6. The molecule has 2 N–H and O–H groups in total. The normalized spacial score (nSPS) is 12.3. The van der Waals surface area contributed by atoms with Crippen LogP contribution in [-0.2, 0) is 17.8 Å². The summed E-state index contributed by atoms with van der Waals surface area (Å²) in [6.07, 6.45) is 6.11. The van der Waals surface area contributed by atoms with Gasteiger partial charge >= 0.3 is 0 Å². The van der Waals surface area contributed by atoms with Crippen LogP contribution in [0.5, 0.6) is 11.5 Å². The van der Waals surface area contributed by atoms with E-state index in [0.717, 1.165) is 11.1 Å². The molecule has 0 aliphatic rings. The van der Waals surface area contributed by atoms with Gasteiger partial charge in [-0.1, -0.05) is 54.6 Å². The van der Waals surface area contributed by atoms with Crippen molar-refractivity contribution in [3.8, 4) is 11.5 Å². The Balaban J connectivity index is 1.79. The van der Waals surface area contributed by atoms with E-state index in [1.54, 1.807) is 32.4 Å². The van der Waals surface area contributed by atoms with Gasteiger partial charge in [0.2, 0.25) is 5.91 Å². The number of hydrogen-bond donors (Lipinski definition) is 2. The molecular weight excluding hydrogens is 342 g/mol. The number of rotatable bonds is 9. The molecule has 0 aliphatic heterocycles. The van der Waals surface area contributed by atoms with E-state index >= 15 is 0 Å². The highest BCUT2D eigenvalue weighted by molar-refractivity contribution is 5.87. The molecular formula is C22H25NO4. The van der Waals surface area contributed by atoms with Crippen LogP contribution in [0, 0.1) is 0 Å². The number of aliphatic hydroxyl groups is 1. The van der Waals surface area contributed by atoms with Crippen LogP contribution in [0.25, 0.3) is 0 Å². The minimum Gasteiger partial charge on any atom is -0.493 e. The number of carbonyl (C=O) groups excluding carboxylic acids is 1. The summed E-state index contributed by atoms with van der Waals surface area (Å²) in [4.78, 5) is 11.8. The summed E-state index contributed by atoms with van der Waals surface area (Å²) < 4.78 is 10.5. The Kier molecular flexibility index (Phi) is 8.13. The first-order chi connectivity index (χ1) is 13.1. The van der Waals surface area contributed by atoms with Crippen molar-refractivity contribution in [3.63, 3.8) is 0 Å². The van der Waals surface area contributed by atoms with Gasteiger partial charge in [-0.05, 0) is 23.3 Å². The summed E-state index contributed by atoms with van der Waals surface area (Å²) in [6, 6.07) is 15.2. The molecule has 2 rings (SSSR count). The summed E-state index contributed by atoms with van der Waals surface area (Å²) in [5.74, 6) is 1.09. The van der Waals surface area contributed by atoms with Crippen molar-refractivity contribution in [1.29, 1.82) is 0 Å². The number of benzene rings is 2. The highest BCUT2D eigenvalue weighted by Gasteiger charge is 2.07. The van der Waals surface area contributed by atoms with Gasteiger partial charge in [-0.2, -0.15) is 0 Å². The van der Waals surface area contributed by atoms with E-state index in [1.807, 2.05) is 48.5 Å². The van der Waals surface area contributed by atoms with Gasteiger partial charge in [-0.15, -0.1) is 0 Å². The van der Waals surface area contributed by atoms with Crippen LogP contribution >= 0.6 is 0 Å². The summed E-state index contributed by atoms with van der Waals surface area (Å²) in [5.41, 5.74) is 1.97. The molecule has 0 saturated heterocycles. The van der Waals surface area contributed by atoms with Gasteiger partial charge in [0.1, 0.15) is 0 Å². The van der Waals surface area contributed by atoms with Gasteiger partial charge < -0.3 is 19.9 Å². The molecule has 142 valence electrons. The van der Waals surface area contributed by atoms with E-state index in [0.29, 0.717) is 24.5 Å². The fourth-order valence-corrected chi connectivity index (χ4v) is 2.50. The second-order valence-electron chi connectivity index (χ2n) is 5.91. The number of nitrogens with one attached hydrogen (secondary N) is 1. The number of aliphatic hydroxyl groups excluding tert-OH is 1. The molecule has 0 bridgehead atoms. The van der Waals surface area contributed by atoms with Crippen LogP contribution in [-0.4, -0.2) is 31.3 Å². The van der Waals surface area contributed by atoms with Crippen LogP contribution in [0.2, 0.25) is 0 Å². The van der Waals surface area contributed by atoms with Crippen molar-refractivity contribution in [1.82, 2.24) is 5.32 Å². The molecule has 0 saturated carbocycles. The molecule has 0 radical (unpaired) electrons. The van der Waals surface area contributed by atoms with E-state index < -0.39 is 6.10 Å². The van der Waals surface area contributed by atoms with Gasteiger partial charge in [0.05, 0.1) is 20.3 Å². The van der Waals surface area contributed by atoms with Gasteiger partial charge in [0.15, 0.2) is 11.5 Å². The van der Waals surface area contributed by atoms with E-state index in [1.165, 1.54) is 6.08 Å². The topological polar surface area (TPSA) is 67.8 Å². The Bertz CT molecular complexity index is 784. The van der Waals surface area contributed by atoms with Crippen molar-refractivity contribution >= 4 is 5.91 Å². The molecule has 0 heterocycles. The molecule has 2 aromatic carbocycles. The quantitative estimate of drug-likeness (QED) is 0.528. The first-order valence-corrected chi connectivity index (χ1v) is 8.68. The number of methoxy groups -OCH3 is 2. The minimum atomic E-state index is -0.667. The average Bonchev–Trinajstić information content (AvgIpc) is 2.70. The summed E-state index contributed by atoms with van der Waals surface area (Å²) in [6.45, 7) is 0.482. The molecule has 5 nitrogen and oxygen atoms in total. The Morgan fingerprint density at radius 3 is 2.48 bits per heavy atom. The number of ether oxygens (including phenoxy) is 2. The molecule has 5 heteroatoms. The molecule has 1 atom stereocenters. The molecule has 27 heavy (non-hydrogen) atoms. The lowest BCUT2D eigenvalue weighted by atomic mass is 10.1. The van der Waals surface area contributed by atoms with Crippen LogP contribution in [0.3, 0.4) is 0 Å². The van der Waals surface area contributed by atoms with Crippen LogP contribution < -0.4 is 14.8 Å². The Labute approximate surface area is 159 Å². The third-order valence-electron chi connectivity index (χ3n) is 3.89. The fraction of sp³-hybridized carbons (Fsp3) is 0.227. The lowest BCUT2D eigenvalue weighted by molar-refractivity contribution is -0.116. The number of hydrogen-bond acceptors (Lipinski definition) is 4. The zero-order chi connectivity index (χ0) is 19.5. The summed E-state index contributed by atoms with van der Waals surface area (Å²) in [5, 5.41) is 12.9. The van der Waals surface area contributed by atoms with Gasteiger partial charge in [-0.3, -0.25) is 4.79 Å².